The molecule has 0 radical (unpaired) electrons. The lowest BCUT2D eigenvalue weighted by Gasteiger charge is -2.20. The summed E-state index contributed by atoms with van der Waals surface area (Å²) in [5.74, 6) is 0.125. The van der Waals surface area contributed by atoms with E-state index in [0.29, 0.717) is 12.4 Å². The largest absolute Gasteiger partial charge is 0.345 e. The quantitative estimate of drug-likeness (QED) is 0.915. The molecule has 1 amide bonds. The summed E-state index contributed by atoms with van der Waals surface area (Å²) in [4.78, 5) is 16.1. The zero-order valence-electron chi connectivity index (χ0n) is 11.4. The molecule has 0 saturated carbocycles. The molecule has 1 N–H and O–H groups in total. The van der Waals surface area contributed by atoms with E-state index >= 15 is 0 Å². The summed E-state index contributed by atoms with van der Waals surface area (Å²) in [6, 6.07) is 9.77. The van der Waals surface area contributed by atoms with E-state index in [-0.39, 0.29) is 11.4 Å². The Morgan fingerprint density at radius 3 is 2.58 bits per heavy atom. The van der Waals surface area contributed by atoms with Crippen molar-refractivity contribution in [2.24, 2.45) is 0 Å². The smallest absolute Gasteiger partial charge is 0.289 e. The fourth-order valence-electron chi connectivity index (χ4n) is 1.74. The van der Waals surface area contributed by atoms with Gasteiger partial charge in [-0.1, -0.05) is 30.3 Å². The number of hydrogen-bond donors (Lipinski definition) is 1. The SMILES string of the molecule is CC(C)(C)n1ncnc1C(=O)NCc1ccccc1. The molecule has 0 spiro atoms. The van der Waals surface area contributed by atoms with Crippen LogP contribution in [-0.4, -0.2) is 20.7 Å². The zero-order chi connectivity index (χ0) is 13.9. The first kappa shape index (κ1) is 13.3. The third-order valence-electron chi connectivity index (χ3n) is 2.68. The van der Waals surface area contributed by atoms with Gasteiger partial charge in [-0.2, -0.15) is 5.10 Å². The Morgan fingerprint density at radius 1 is 1.26 bits per heavy atom. The van der Waals surface area contributed by atoms with E-state index in [0.717, 1.165) is 5.56 Å². The normalized spacial score (nSPS) is 11.3. The number of carbonyl (C=O) groups is 1. The van der Waals surface area contributed by atoms with Crippen molar-refractivity contribution in [3.8, 4) is 0 Å². The summed E-state index contributed by atoms with van der Waals surface area (Å²) in [5, 5.41) is 6.96. The number of amides is 1. The third-order valence-corrected chi connectivity index (χ3v) is 2.68. The van der Waals surface area contributed by atoms with Crippen molar-refractivity contribution < 1.29 is 4.79 Å². The number of rotatable bonds is 3. The molecule has 0 aliphatic rings. The van der Waals surface area contributed by atoms with Crippen LogP contribution in [0, 0.1) is 0 Å². The first-order valence-electron chi connectivity index (χ1n) is 6.21. The fourth-order valence-corrected chi connectivity index (χ4v) is 1.74. The molecule has 2 aromatic rings. The second kappa shape index (κ2) is 5.22. The van der Waals surface area contributed by atoms with Crippen LogP contribution in [0.3, 0.4) is 0 Å². The highest BCUT2D eigenvalue weighted by atomic mass is 16.2. The van der Waals surface area contributed by atoms with Crippen molar-refractivity contribution >= 4 is 5.91 Å². The Hall–Kier alpha value is -2.17. The molecule has 5 nitrogen and oxygen atoms in total. The van der Waals surface area contributed by atoms with Gasteiger partial charge in [-0.15, -0.1) is 0 Å². The van der Waals surface area contributed by atoms with Crippen LogP contribution >= 0.6 is 0 Å². The van der Waals surface area contributed by atoms with Gasteiger partial charge in [-0.3, -0.25) is 4.79 Å². The van der Waals surface area contributed by atoms with Crippen LogP contribution in [0.15, 0.2) is 36.7 Å². The molecule has 1 aromatic heterocycles. The molecule has 0 unspecified atom stereocenters. The number of nitrogens with zero attached hydrogens (tertiary/aromatic N) is 3. The van der Waals surface area contributed by atoms with Crippen LogP contribution in [-0.2, 0) is 12.1 Å². The van der Waals surface area contributed by atoms with Crippen LogP contribution in [0.4, 0.5) is 0 Å². The topological polar surface area (TPSA) is 59.8 Å². The first-order valence-corrected chi connectivity index (χ1v) is 6.21. The predicted molar refractivity (Wildman–Crippen MR) is 72.6 cm³/mol. The van der Waals surface area contributed by atoms with Crippen LogP contribution in [0.2, 0.25) is 0 Å². The number of nitrogens with one attached hydrogen (secondary N) is 1. The molecule has 19 heavy (non-hydrogen) atoms. The lowest BCUT2D eigenvalue weighted by molar-refractivity contribution is 0.0926. The second-order valence-electron chi connectivity index (χ2n) is 5.33. The van der Waals surface area contributed by atoms with Crippen LogP contribution in [0.5, 0.6) is 0 Å². The molecule has 1 heterocycles. The molecule has 0 saturated heterocycles. The molecular formula is C14H18N4O. The van der Waals surface area contributed by atoms with Gasteiger partial charge < -0.3 is 5.32 Å². The zero-order valence-corrected chi connectivity index (χ0v) is 11.4. The van der Waals surface area contributed by atoms with Crippen molar-refractivity contribution in [3.63, 3.8) is 0 Å². The van der Waals surface area contributed by atoms with Gasteiger partial charge in [0.2, 0.25) is 5.82 Å². The summed E-state index contributed by atoms with van der Waals surface area (Å²) < 4.78 is 1.63. The standard InChI is InChI=1S/C14H18N4O/c1-14(2,3)18-12(16-10-17-18)13(19)15-9-11-7-5-4-6-8-11/h4-8,10H,9H2,1-3H3,(H,15,19). The lowest BCUT2D eigenvalue weighted by atomic mass is 10.1. The number of aromatic nitrogens is 3. The molecular weight excluding hydrogens is 240 g/mol. The van der Waals surface area contributed by atoms with E-state index < -0.39 is 0 Å². The summed E-state index contributed by atoms with van der Waals surface area (Å²) in [7, 11) is 0. The van der Waals surface area contributed by atoms with Crippen LogP contribution in [0.1, 0.15) is 37.0 Å². The highest BCUT2D eigenvalue weighted by Crippen LogP contribution is 2.13. The van der Waals surface area contributed by atoms with Gasteiger partial charge in [0.1, 0.15) is 6.33 Å². The number of carbonyl (C=O) groups excluding carboxylic acids is 1. The highest BCUT2D eigenvalue weighted by Gasteiger charge is 2.22. The van der Waals surface area contributed by atoms with E-state index in [4.69, 9.17) is 0 Å². The van der Waals surface area contributed by atoms with Gasteiger partial charge in [0.05, 0.1) is 5.54 Å². The first-order chi connectivity index (χ1) is 8.98. The maximum atomic E-state index is 12.1. The molecule has 100 valence electrons. The van der Waals surface area contributed by atoms with Gasteiger partial charge in [0.25, 0.3) is 5.91 Å². The van der Waals surface area contributed by atoms with E-state index in [1.807, 2.05) is 51.1 Å². The monoisotopic (exact) mass is 258 g/mol. The van der Waals surface area contributed by atoms with Crippen molar-refractivity contribution in [1.29, 1.82) is 0 Å². The van der Waals surface area contributed by atoms with Crippen LogP contribution < -0.4 is 5.32 Å². The average Bonchev–Trinajstić information content (AvgIpc) is 2.86. The van der Waals surface area contributed by atoms with Gasteiger partial charge in [-0.25, -0.2) is 9.67 Å². The average molecular weight is 258 g/mol. The molecule has 0 aliphatic carbocycles. The summed E-state index contributed by atoms with van der Waals surface area (Å²) in [6.45, 7) is 6.43. The van der Waals surface area contributed by atoms with Crippen molar-refractivity contribution in [2.75, 3.05) is 0 Å². The predicted octanol–water partition coefficient (Wildman–Crippen LogP) is 1.96. The van der Waals surface area contributed by atoms with Gasteiger partial charge in [-0.05, 0) is 26.3 Å². The maximum Gasteiger partial charge on any atom is 0.289 e. The minimum atomic E-state index is -0.268. The third kappa shape index (κ3) is 3.19. The lowest BCUT2D eigenvalue weighted by Crippen LogP contribution is -2.32. The Morgan fingerprint density at radius 2 is 1.95 bits per heavy atom. The van der Waals surface area contributed by atoms with Gasteiger partial charge in [0.15, 0.2) is 0 Å². The van der Waals surface area contributed by atoms with Crippen LogP contribution in [0.25, 0.3) is 0 Å². The summed E-state index contributed by atoms with van der Waals surface area (Å²) >= 11 is 0. The Kier molecular flexibility index (Phi) is 3.64. The molecule has 0 bridgehead atoms. The molecule has 5 heteroatoms. The van der Waals surface area contributed by atoms with Crippen molar-refractivity contribution in [2.45, 2.75) is 32.9 Å². The van der Waals surface area contributed by atoms with Gasteiger partial charge >= 0.3 is 0 Å². The molecule has 0 fully saturated rings. The number of benzene rings is 1. The van der Waals surface area contributed by atoms with Crippen molar-refractivity contribution in [1.82, 2.24) is 20.1 Å². The van der Waals surface area contributed by atoms with Crippen molar-refractivity contribution in [3.05, 3.63) is 48.0 Å². The summed E-state index contributed by atoms with van der Waals surface area (Å²) in [6.07, 6.45) is 1.41. The highest BCUT2D eigenvalue weighted by molar-refractivity contribution is 5.90. The minimum absolute atomic E-state index is 0.212. The molecule has 0 aliphatic heterocycles. The molecule has 1 aromatic carbocycles. The second-order valence-corrected chi connectivity index (χ2v) is 5.33. The maximum absolute atomic E-state index is 12.1. The Balaban J connectivity index is 2.07. The molecule has 2 rings (SSSR count). The van der Waals surface area contributed by atoms with E-state index in [9.17, 15) is 4.79 Å². The Labute approximate surface area is 112 Å². The Bertz CT molecular complexity index is 554. The van der Waals surface area contributed by atoms with E-state index in [2.05, 4.69) is 15.4 Å². The fraction of sp³-hybridized carbons (Fsp3) is 0.357. The van der Waals surface area contributed by atoms with Gasteiger partial charge in [0, 0.05) is 6.54 Å². The van der Waals surface area contributed by atoms with E-state index in [1.165, 1.54) is 6.33 Å². The molecule has 0 atom stereocenters. The van der Waals surface area contributed by atoms with E-state index in [1.54, 1.807) is 4.68 Å². The number of hydrogen-bond acceptors (Lipinski definition) is 3. The minimum Gasteiger partial charge on any atom is -0.345 e. The summed E-state index contributed by atoms with van der Waals surface area (Å²) in [5.41, 5.74) is 0.785.